The van der Waals surface area contributed by atoms with Crippen molar-refractivity contribution in [3.63, 3.8) is 0 Å². The first kappa shape index (κ1) is 13.9. The zero-order valence-corrected chi connectivity index (χ0v) is 11.2. The van der Waals surface area contributed by atoms with Gasteiger partial charge in [-0.25, -0.2) is 0 Å². The number of anilines is 1. The molecule has 1 aromatic rings. The highest BCUT2D eigenvalue weighted by atomic mass is 32.2. The van der Waals surface area contributed by atoms with E-state index in [0.717, 1.165) is 30.7 Å². The van der Waals surface area contributed by atoms with Crippen LogP contribution in [0.1, 0.15) is 35.9 Å². The number of hydrogen-bond acceptors (Lipinski definition) is 4. The van der Waals surface area contributed by atoms with Gasteiger partial charge in [0.25, 0.3) is 5.91 Å². The van der Waals surface area contributed by atoms with E-state index in [1.807, 2.05) is 18.7 Å². The quantitative estimate of drug-likeness (QED) is 0.644. The molecule has 1 heterocycles. The van der Waals surface area contributed by atoms with Crippen molar-refractivity contribution in [3.8, 4) is 0 Å². The van der Waals surface area contributed by atoms with Gasteiger partial charge >= 0.3 is 0 Å². The lowest BCUT2D eigenvalue weighted by Crippen LogP contribution is -2.25. The van der Waals surface area contributed by atoms with E-state index in [-0.39, 0.29) is 5.91 Å². The average molecular weight is 256 g/mol. The maximum Gasteiger partial charge on any atom is 0.273 e. The monoisotopic (exact) mass is 256 g/mol. The summed E-state index contributed by atoms with van der Waals surface area (Å²) in [6.07, 6.45) is 4.92. The molecule has 1 aromatic heterocycles. The van der Waals surface area contributed by atoms with Gasteiger partial charge in [-0.1, -0.05) is 6.92 Å². The van der Waals surface area contributed by atoms with Crippen LogP contribution in [0.2, 0.25) is 0 Å². The highest BCUT2D eigenvalue weighted by Gasteiger charge is 2.15. The summed E-state index contributed by atoms with van der Waals surface area (Å²) in [6.45, 7) is 2.64. The molecule has 96 valence electrons. The Morgan fingerprint density at radius 3 is 2.88 bits per heavy atom. The number of aromatic amines is 1. The Bertz CT molecular complexity index is 364. The van der Waals surface area contributed by atoms with Gasteiger partial charge in [-0.05, 0) is 31.3 Å². The summed E-state index contributed by atoms with van der Waals surface area (Å²) in [6, 6.07) is 0. The van der Waals surface area contributed by atoms with Crippen LogP contribution < -0.4 is 11.1 Å². The van der Waals surface area contributed by atoms with Crippen LogP contribution in [0.25, 0.3) is 0 Å². The van der Waals surface area contributed by atoms with Crippen molar-refractivity contribution >= 4 is 23.4 Å². The van der Waals surface area contributed by atoms with E-state index in [0.29, 0.717) is 17.9 Å². The molecule has 0 unspecified atom stereocenters. The second-order valence-electron chi connectivity index (χ2n) is 3.77. The molecular weight excluding hydrogens is 236 g/mol. The first-order valence-electron chi connectivity index (χ1n) is 5.80. The Morgan fingerprint density at radius 2 is 2.29 bits per heavy atom. The van der Waals surface area contributed by atoms with E-state index in [1.165, 1.54) is 0 Å². The van der Waals surface area contributed by atoms with Crippen LogP contribution in [-0.4, -0.2) is 34.7 Å². The molecule has 0 aliphatic carbocycles. The number of carbonyl (C=O) groups excluding carboxylic acids is 1. The fourth-order valence-electron chi connectivity index (χ4n) is 1.49. The molecule has 0 aliphatic heterocycles. The number of unbranched alkanes of at least 4 members (excludes halogenated alkanes) is 1. The number of nitrogens with two attached hydrogens (primary N) is 1. The van der Waals surface area contributed by atoms with Gasteiger partial charge in [0.1, 0.15) is 0 Å². The molecule has 6 heteroatoms. The van der Waals surface area contributed by atoms with Crippen LogP contribution in [0.4, 0.5) is 5.69 Å². The van der Waals surface area contributed by atoms with Gasteiger partial charge in [-0.3, -0.25) is 9.89 Å². The molecule has 0 aromatic carbocycles. The second-order valence-corrected chi connectivity index (χ2v) is 4.76. The maximum atomic E-state index is 11.7. The topological polar surface area (TPSA) is 83.8 Å². The lowest BCUT2D eigenvalue weighted by molar-refractivity contribution is 0.0949. The summed E-state index contributed by atoms with van der Waals surface area (Å²) in [5.41, 5.74) is 7.40. The molecule has 0 spiro atoms. The van der Waals surface area contributed by atoms with Crippen LogP contribution in [0.15, 0.2) is 0 Å². The van der Waals surface area contributed by atoms with Crippen molar-refractivity contribution in [2.75, 3.05) is 24.3 Å². The largest absolute Gasteiger partial charge is 0.395 e. The normalized spacial score (nSPS) is 10.5. The predicted octanol–water partition coefficient (Wildman–Crippen LogP) is 1.43. The molecule has 0 saturated carbocycles. The molecule has 1 amide bonds. The number of H-pyrrole nitrogens is 1. The van der Waals surface area contributed by atoms with Gasteiger partial charge in [0.2, 0.25) is 0 Å². The van der Waals surface area contributed by atoms with Crippen LogP contribution in [0.3, 0.4) is 0 Å². The van der Waals surface area contributed by atoms with Gasteiger partial charge in [0, 0.05) is 6.54 Å². The van der Waals surface area contributed by atoms with Gasteiger partial charge in [-0.15, -0.1) is 0 Å². The van der Waals surface area contributed by atoms with Crippen LogP contribution >= 0.6 is 11.8 Å². The molecule has 0 fully saturated rings. The zero-order valence-electron chi connectivity index (χ0n) is 10.4. The number of nitrogen functional groups attached to an aromatic ring is 1. The molecule has 17 heavy (non-hydrogen) atoms. The average Bonchev–Trinajstić information content (AvgIpc) is 2.70. The van der Waals surface area contributed by atoms with E-state index >= 15 is 0 Å². The molecule has 0 atom stereocenters. The Kier molecular flexibility index (Phi) is 5.90. The molecule has 0 radical (unpaired) electrons. The minimum atomic E-state index is -0.192. The minimum Gasteiger partial charge on any atom is -0.395 e. The lowest BCUT2D eigenvalue weighted by Gasteiger charge is -2.03. The molecule has 0 bridgehead atoms. The minimum absolute atomic E-state index is 0.192. The summed E-state index contributed by atoms with van der Waals surface area (Å²) in [5.74, 6) is 0.933. The highest BCUT2D eigenvalue weighted by molar-refractivity contribution is 7.98. The number of aryl methyl sites for hydroxylation is 1. The van der Waals surface area contributed by atoms with Gasteiger partial charge < -0.3 is 11.1 Å². The van der Waals surface area contributed by atoms with Crippen molar-refractivity contribution in [2.45, 2.75) is 26.2 Å². The summed E-state index contributed by atoms with van der Waals surface area (Å²) in [7, 11) is 0. The number of carbonyl (C=O) groups is 1. The number of aromatic nitrogens is 2. The number of hydrogen-bond donors (Lipinski definition) is 3. The fourth-order valence-corrected chi connectivity index (χ4v) is 1.98. The first-order valence-corrected chi connectivity index (χ1v) is 7.19. The molecule has 0 saturated heterocycles. The number of nitrogens with zero attached hydrogens (tertiary/aromatic N) is 1. The number of amides is 1. The Balaban J connectivity index is 2.39. The second kappa shape index (κ2) is 7.21. The van der Waals surface area contributed by atoms with Crippen LogP contribution in [0, 0.1) is 0 Å². The molecular formula is C11H20N4OS. The van der Waals surface area contributed by atoms with Gasteiger partial charge in [0.15, 0.2) is 5.69 Å². The zero-order chi connectivity index (χ0) is 12.7. The Morgan fingerprint density at radius 1 is 1.53 bits per heavy atom. The summed E-state index contributed by atoms with van der Waals surface area (Å²) < 4.78 is 0. The maximum absolute atomic E-state index is 11.7. The Labute approximate surface area is 106 Å². The van der Waals surface area contributed by atoms with Gasteiger partial charge in [0.05, 0.1) is 11.4 Å². The SMILES string of the molecule is CCc1[nH]nc(C(=O)NCCCCSC)c1N. The number of nitrogens with one attached hydrogen (secondary N) is 2. The van der Waals surface area contributed by atoms with E-state index in [4.69, 9.17) is 5.73 Å². The van der Waals surface area contributed by atoms with Crippen molar-refractivity contribution in [1.82, 2.24) is 15.5 Å². The summed E-state index contributed by atoms with van der Waals surface area (Å²) in [5, 5.41) is 9.54. The van der Waals surface area contributed by atoms with Gasteiger partial charge in [-0.2, -0.15) is 16.9 Å². The third-order valence-corrected chi connectivity index (χ3v) is 3.21. The van der Waals surface area contributed by atoms with Crippen molar-refractivity contribution in [2.24, 2.45) is 0 Å². The van der Waals surface area contributed by atoms with E-state index in [9.17, 15) is 4.79 Å². The van der Waals surface area contributed by atoms with E-state index in [2.05, 4.69) is 21.8 Å². The molecule has 1 rings (SSSR count). The predicted molar refractivity (Wildman–Crippen MR) is 72.3 cm³/mol. The smallest absolute Gasteiger partial charge is 0.273 e. The van der Waals surface area contributed by atoms with Crippen LogP contribution in [-0.2, 0) is 6.42 Å². The van der Waals surface area contributed by atoms with Crippen molar-refractivity contribution in [1.29, 1.82) is 0 Å². The molecule has 0 aliphatic rings. The Hall–Kier alpha value is -1.17. The number of rotatable bonds is 7. The van der Waals surface area contributed by atoms with Crippen molar-refractivity contribution in [3.05, 3.63) is 11.4 Å². The lowest BCUT2D eigenvalue weighted by atomic mass is 10.2. The highest BCUT2D eigenvalue weighted by Crippen LogP contribution is 2.13. The number of thioether (sulfide) groups is 1. The molecule has 5 nitrogen and oxygen atoms in total. The third-order valence-electron chi connectivity index (χ3n) is 2.51. The molecule has 4 N–H and O–H groups in total. The summed E-state index contributed by atoms with van der Waals surface area (Å²) >= 11 is 1.82. The first-order chi connectivity index (χ1) is 8.20. The van der Waals surface area contributed by atoms with E-state index < -0.39 is 0 Å². The summed E-state index contributed by atoms with van der Waals surface area (Å²) in [4.78, 5) is 11.7. The third kappa shape index (κ3) is 3.96. The fraction of sp³-hybridized carbons (Fsp3) is 0.636. The van der Waals surface area contributed by atoms with Crippen molar-refractivity contribution < 1.29 is 4.79 Å². The van der Waals surface area contributed by atoms with Crippen LogP contribution in [0.5, 0.6) is 0 Å². The standard InChI is InChI=1S/C11H20N4OS/c1-3-8-9(12)10(15-14-8)11(16)13-6-4-5-7-17-2/h3-7,12H2,1-2H3,(H,13,16)(H,14,15). The van der Waals surface area contributed by atoms with E-state index in [1.54, 1.807) is 0 Å².